The van der Waals surface area contributed by atoms with Crippen LogP contribution in [0.3, 0.4) is 0 Å². The highest BCUT2D eigenvalue weighted by Crippen LogP contribution is 2.12. The molecule has 0 fully saturated rings. The fourth-order valence-corrected chi connectivity index (χ4v) is 1.83. The summed E-state index contributed by atoms with van der Waals surface area (Å²) in [5.41, 5.74) is 0.996. The maximum Gasteiger partial charge on any atom is 0.221 e. The summed E-state index contributed by atoms with van der Waals surface area (Å²) in [5.74, 6) is 0.963. The zero-order valence-electron chi connectivity index (χ0n) is 13.0. The lowest BCUT2D eigenvalue weighted by molar-refractivity contribution is -0.122. The van der Waals surface area contributed by atoms with Gasteiger partial charge in [-0.25, -0.2) is 0 Å². The van der Waals surface area contributed by atoms with Crippen LogP contribution in [0.2, 0.25) is 0 Å². The van der Waals surface area contributed by atoms with Crippen LogP contribution in [0.4, 0.5) is 0 Å². The van der Waals surface area contributed by atoms with E-state index < -0.39 is 0 Å². The maximum atomic E-state index is 11.6. The largest absolute Gasteiger partial charge is 0.494 e. The lowest BCUT2D eigenvalue weighted by atomic mass is 10.1. The van der Waals surface area contributed by atoms with Crippen molar-refractivity contribution in [3.8, 4) is 5.75 Å². The summed E-state index contributed by atoms with van der Waals surface area (Å²) in [7, 11) is 0. The summed E-state index contributed by atoms with van der Waals surface area (Å²) in [6, 6.07) is 7.99. The Kier molecular flexibility index (Phi) is 6.52. The van der Waals surface area contributed by atoms with Gasteiger partial charge in [0.25, 0.3) is 0 Å². The van der Waals surface area contributed by atoms with Crippen LogP contribution in [0.5, 0.6) is 5.75 Å². The first-order chi connectivity index (χ1) is 9.40. The summed E-state index contributed by atoms with van der Waals surface area (Å²) in [4.78, 5) is 11.6. The lowest BCUT2D eigenvalue weighted by Crippen LogP contribution is -2.41. The number of ether oxygens (including phenoxy) is 1. The van der Waals surface area contributed by atoms with Crippen molar-refractivity contribution >= 4 is 5.91 Å². The van der Waals surface area contributed by atoms with Crippen molar-refractivity contribution in [1.29, 1.82) is 0 Å². The van der Waals surface area contributed by atoms with Crippen LogP contribution >= 0.6 is 0 Å². The van der Waals surface area contributed by atoms with E-state index in [1.54, 1.807) is 0 Å². The van der Waals surface area contributed by atoms with Crippen LogP contribution in [0, 0.1) is 0 Å². The molecule has 4 heteroatoms. The highest BCUT2D eigenvalue weighted by molar-refractivity contribution is 5.76. The van der Waals surface area contributed by atoms with Gasteiger partial charge in [-0.15, -0.1) is 0 Å². The second-order valence-corrected chi connectivity index (χ2v) is 5.81. The topological polar surface area (TPSA) is 50.4 Å². The van der Waals surface area contributed by atoms with Gasteiger partial charge in [-0.2, -0.15) is 0 Å². The fraction of sp³-hybridized carbons (Fsp3) is 0.562. The van der Waals surface area contributed by atoms with Gasteiger partial charge in [-0.05, 0) is 45.4 Å². The molecule has 0 aromatic heterocycles. The van der Waals surface area contributed by atoms with Gasteiger partial charge in [0.1, 0.15) is 5.75 Å². The molecule has 2 N–H and O–H groups in total. The zero-order chi connectivity index (χ0) is 15.0. The second-order valence-electron chi connectivity index (χ2n) is 5.81. The molecule has 0 heterocycles. The van der Waals surface area contributed by atoms with E-state index in [0.29, 0.717) is 19.6 Å². The van der Waals surface area contributed by atoms with Crippen LogP contribution in [-0.2, 0) is 11.3 Å². The Balaban J connectivity index is 2.27. The monoisotopic (exact) mass is 278 g/mol. The summed E-state index contributed by atoms with van der Waals surface area (Å²) >= 11 is 0. The highest BCUT2D eigenvalue weighted by Gasteiger charge is 2.12. The number of hydrogen-bond acceptors (Lipinski definition) is 3. The van der Waals surface area contributed by atoms with Gasteiger partial charge in [0.2, 0.25) is 5.91 Å². The number of nitrogens with one attached hydrogen (secondary N) is 2. The molecule has 1 amide bonds. The molecule has 1 aromatic rings. The number of carbonyl (C=O) groups excluding carboxylic acids is 1. The van der Waals surface area contributed by atoms with E-state index in [9.17, 15) is 4.79 Å². The predicted molar refractivity (Wildman–Crippen MR) is 81.8 cm³/mol. The predicted octanol–water partition coefficient (Wildman–Crippen LogP) is 2.48. The van der Waals surface area contributed by atoms with Gasteiger partial charge in [0, 0.05) is 25.0 Å². The normalized spacial score (nSPS) is 11.2. The number of benzene rings is 1. The van der Waals surface area contributed by atoms with Crippen molar-refractivity contribution in [3.63, 3.8) is 0 Å². The van der Waals surface area contributed by atoms with E-state index in [4.69, 9.17) is 4.74 Å². The minimum Gasteiger partial charge on any atom is -0.494 e. The molecule has 112 valence electrons. The summed E-state index contributed by atoms with van der Waals surface area (Å²) in [6.45, 7) is 10.00. The van der Waals surface area contributed by atoms with Crippen molar-refractivity contribution in [2.24, 2.45) is 0 Å². The van der Waals surface area contributed by atoms with Gasteiger partial charge in [0.05, 0.1) is 6.61 Å². The Bertz CT molecular complexity index is 425. The van der Waals surface area contributed by atoms with Gasteiger partial charge in [-0.3, -0.25) is 4.79 Å². The zero-order valence-corrected chi connectivity index (χ0v) is 13.0. The molecule has 0 saturated carbocycles. The fourth-order valence-electron chi connectivity index (χ4n) is 1.83. The molecule has 0 aliphatic carbocycles. The average molecular weight is 278 g/mol. The Morgan fingerprint density at radius 2 is 2.05 bits per heavy atom. The van der Waals surface area contributed by atoms with Crippen LogP contribution in [0.15, 0.2) is 24.3 Å². The molecule has 0 radical (unpaired) electrons. The number of rotatable bonds is 7. The standard InChI is InChI=1S/C16H26N2O2/c1-5-20-14-8-6-7-13(11-14)12-17-10-9-15(19)18-16(2,3)4/h6-8,11,17H,5,9-10,12H2,1-4H3,(H,18,19). The Labute approximate surface area is 121 Å². The van der Waals surface area contributed by atoms with E-state index in [-0.39, 0.29) is 11.4 Å². The molecule has 0 atom stereocenters. The van der Waals surface area contributed by atoms with Crippen LogP contribution < -0.4 is 15.4 Å². The third kappa shape index (κ3) is 7.14. The molecule has 0 aliphatic heterocycles. The lowest BCUT2D eigenvalue weighted by Gasteiger charge is -2.20. The molecular weight excluding hydrogens is 252 g/mol. The Hall–Kier alpha value is -1.55. The molecule has 20 heavy (non-hydrogen) atoms. The summed E-state index contributed by atoms with van der Waals surface area (Å²) in [6.07, 6.45) is 0.489. The number of amides is 1. The van der Waals surface area contributed by atoms with Crippen LogP contribution in [0.1, 0.15) is 39.7 Å². The summed E-state index contributed by atoms with van der Waals surface area (Å²) in [5, 5.41) is 6.22. The third-order valence-electron chi connectivity index (χ3n) is 2.58. The molecule has 1 aromatic carbocycles. The van der Waals surface area contributed by atoms with Gasteiger partial charge >= 0.3 is 0 Å². The molecule has 0 bridgehead atoms. The number of hydrogen-bond donors (Lipinski definition) is 2. The SMILES string of the molecule is CCOc1cccc(CNCCC(=O)NC(C)(C)C)c1. The van der Waals surface area contributed by atoms with Gasteiger partial charge < -0.3 is 15.4 Å². The molecule has 0 unspecified atom stereocenters. The minimum absolute atomic E-state index is 0.0769. The molecule has 1 rings (SSSR count). The molecule has 0 saturated heterocycles. The quantitative estimate of drug-likeness (QED) is 0.753. The highest BCUT2D eigenvalue weighted by atomic mass is 16.5. The maximum absolute atomic E-state index is 11.6. The first-order valence-corrected chi connectivity index (χ1v) is 7.14. The second kappa shape index (κ2) is 7.90. The van der Waals surface area contributed by atoms with Crippen LogP contribution in [0.25, 0.3) is 0 Å². The van der Waals surface area contributed by atoms with E-state index in [1.807, 2.05) is 52.0 Å². The van der Waals surface area contributed by atoms with Crippen molar-refractivity contribution < 1.29 is 9.53 Å². The van der Waals surface area contributed by atoms with E-state index in [1.165, 1.54) is 0 Å². The molecule has 0 aliphatic rings. The third-order valence-corrected chi connectivity index (χ3v) is 2.58. The smallest absolute Gasteiger partial charge is 0.221 e. The first-order valence-electron chi connectivity index (χ1n) is 7.14. The van der Waals surface area contributed by atoms with E-state index >= 15 is 0 Å². The minimum atomic E-state index is -0.164. The van der Waals surface area contributed by atoms with Gasteiger partial charge in [0.15, 0.2) is 0 Å². The van der Waals surface area contributed by atoms with E-state index in [2.05, 4.69) is 10.6 Å². The Morgan fingerprint density at radius 1 is 1.30 bits per heavy atom. The number of carbonyl (C=O) groups is 1. The van der Waals surface area contributed by atoms with Crippen molar-refractivity contribution in [2.45, 2.75) is 46.2 Å². The van der Waals surface area contributed by atoms with Gasteiger partial charge in [-0.1, -0.05) is 12.1 Å². The van der Waals surface area contributed by atoms with E-state index in [0.717, 1.165) is 17.9 Å². The van der Waals surface area contributed by atoms with Crippen molar-refractivity contribution in [1.82, 2.24) is 10.6 Å². The Morgan fingerprint density at radius 3 is 2.70 bits per heavy atom. The molecule has 0 spiro atoms. The first kappa shape index (κ1) is 16.5. The molecule has 4 nitrogen and oxygen atoms in total. The average Bonchev–Trinajstić information content (AvgIpc) is 2.33. The van der Waals surface area contributed by atoms with Crippen molar-refractivity contribution in [2.75, 3.05) is 13.2 Å². The molecular formula is C16H26N2O2. The van der Waals surface area contributed by atoms with Crippen LogP contribution in [-0.4, -0.2) is 24.6 Å². The summed E-state index contributed by atoms with van der Waals surface area (Å²) < 4.78 is 5.45. The van der Waals surface area contributed by atoms with Crippen molar-refractivity contribution in [3.05, 3.63) is 29.8 Å².